The van der Waals surface area contributed by atoms with Crippen LogP contribution in [-0.4, -0.2) is 29.0 Å². The van der Waals surface area contributed by atoms with Gasteiger partial charge in [0.05, 0.1) is 0 Å². The number of aromatic nitrogens is 3. The molecule has 0 aliphatic heterocycles. The lowest BCUT2D eigenvalue weighted by atomic mass is 10.2. The van der Waals surface area contributed by atoms with Crippen molar-refractivity contribution < 1.29 is 31.1 Å². The molecule has 12 heteroatoms. The van der Waals surface area contributed by atoms with Gasteiger partial charge in [0.1, 0.15) is 5.82 Å². The predicted octanol–water partition coefficient (Wildman–Crippen LogP) is 4.18. The molecule has 0 spiro atoms. The zero-order valence-electron chi connectivity index (χ0n) is 15.5. The largest absolute Gasteiger partial charge is 0.418 e. The van der Waals surface area contributed by atoms with Gasteiger partial charge in [0.25, 0.3) is 0 Å². The van der Waals surface area contributed by atoms with Gasteiger partial charge in [0.15, 0.2) is 0 Å². The van der Waals surface area contributed by atoms with Crippen LogP contribution in [0.3, 0.4) is 0 Å². The molecule has 2 aromatic carbocycles. The molecule has 6 nitrogen and oxygen atoms in total. The number of ether oxygens (including phenoxy) is 1. The molecule has 0 saturated heterocycles. The Morgan fingerprint density at radius 2 is 1.50 bits per heavy atom. The summed E-state index contributed by atoms with van der Waals surface area (Å²) >= 11 is 0. The Hall–Kier alpha value is -3.57. The molecule has 0 aliphatic rings. The van der Waals surface area contributed by atoms with Gasteiger partial charge in [-0.2, -0.15) is 23.7 Å². The van der Waals surface area contributed by atoms with Crippen molar-refractivity contribution in [2.45, 2.75) is 6.54 Å². The first-order valence-electron chi connectivity index (χ1n) is 8.28. The molecule has 0 fully saturated rings. The third kappa shape index (κ3) is 4.36. The van der Waals surface area contributed by atoms with Crippen LogP contribution in [0.5, 0.6) is 11.8 Å². The topological polar surface area (TPSA) is 63.2 Å². The minimum Gasteiger partial charge on any atom is -0.418 e. The monoisotopic (exact) mass is 429 g/mol. The second-order valence-electron chi connectivity index (χ2n) is 6.12. The summed E-state index contributed by atoms with van der Waals surface area (Å²) in [5, 5.41) is 2.74. The molecule has 0 unspecified atom stereocenters. The predicted molar refractivity (Wildman–Crippen MR) is 94.2 cm³/mol. The number of hydrogen-bond donors (Lipinski definition) is 1. The SMILES string of the molecule is CN(C)c1nc(NCc2cccc(F)c2)nc(Oc2c(F)c(F)c(F)c(F)c2F)n1. The van der Waals surface area contributed by atoms with Crippen molar-refractivity contribution in [2.75, 3.05) is 24.3 Å². The number of nitrogens with zero attached hydrogens (tertiary/aromatic N) is 4. The van der Waals surface area contributed by atoms with Gasteiger partial charge < -0.3 is 15.0 Å². The van der Waals surface area contributed by atoms with Crippen molar-refractivity contribution in [1.82, 2.24) is 15.0 Å². The number of anilines is 2. The lowest BCUT2D eigenvalue weighted by molar-refractivity contribution is 0.322. The van der Waals surface area contributed by atoms with Gasteiger partial charge in [0.2, 0.25) is 46.7 Å². The summed E-state index contributed by atoms with van der Waals surface area (Å²) < 4.78 is 85.8. The maximum absolute atomic E-state index is 13.9. The zero-order valence-corrected chi connectivity index (χ0v) is 15.5. The number of nitrogens with one attached hydrogen (secondary N) is 1. The van der Waals surface area contributed by atoms with Gasteiger partial charge in [-0.1, -0.05) is 12.1 Å². The first-order chi connectivity index (χ1) is 14.2. The number of halogens is 6. The van der Waals surface area contributed by atoms with Crippen molar-refractivity contribution in [3.63, 3.8) is 0 Å². The van der Waals surface area contributed by atoms with Gasteiger partial charge in [0, 0.05) is 20.6 Å². The van der Waals surface area contributed by atoms with Gasteiger partial charge in [-0.15, -0.1) is 0 Å². The molecule has 30 heavy (non-hydrogen) atoms. The molecule has 3 rings (SSSR count). The van der Waals surface area contributed by atoms with E-state index in [0.29, 0.717) is 5.56 Å². The molecule has 1 N–H and O–H groups in total. The maximum atomic E-state index is 13.9. The second-order valence-corrected chi connectivity index (χ2v) is 6.12. The highest BCUT2D eigenvalue weighted by atomic mass is 19.2. The molecular weight excluding hydrogens is 416 g/mol. The highest BCUT2D eigenvalue weighted by Gasteiger charge is 2.28. The van der Waals surface area contributed by atoms with E-state index in [-0.39, 0.29) is 18.4 Å². The van der Waals surface area contributed by atoms with Gasteiger partial charge in [-0.05, 0) is 17.7 Å². The van der Waals surface area contributed by atoms with Crippen molar-refractivity contribution >= 4 is 11.9 Å². The minimum atomic E-state index is -2.32. The van der Waals surface area contributed by atoms with Crippen LogP contribution in [0.4, 0.5) is 38.2 Å². The Morgan fingerprint density at radius 1 is 0.867 bits per heavy atom. The van der Waals surface area contributed by atoms with Crippen LogP contribution in [0.15, 0.2) is 24.3 Å². The third-order valence-corrected chi connectivity index (χ3v) is 3.71. The van der Waals surface area contributed by atoms with E-state index in [4.69, 9.17) is 4.74 Å². The van der Waals surface area contributed by atoms with Crippen LogP contribution >= 0.6 is 0 Å². The second kappa shape index (κ2) is 8.43. The van der Waals surface area contributed by atoms with Crippen molar-refractivity contribution in [3.8, 4) is 11.8 Å². The van der Waals surface area contributed by atoms with Crippen molar-refractivity contribution in [2.24, 2.45) is 0 Å². The number of benzene rings is 2. The van der Waals surface area contributed by atoms with Gasteiger partial charge in [-0.25, -0.2) is 17.6 Å². The lowest BCUT2D eigenvalue weighted by Gasteiger charge is -2.14. The van der Waals surface area contributed by atoms with E-state index >= 15 is 0 Å². The summed E-state index contributed by atoms with van der Waals surface area (Å²) in [4.78, 5) is 13.0. The Bertz CT molecular complexity index is 1070. The van der Waals surface area contributed by atoms with E-state index < -0.39 is 46.7 Å². The molecule has 0 amide bonds. The van der Waals surface area contributed by atoms with Gasteiger partial charge in [-0.3, -0.25) is 0 Å². The smallest absolute Gasteiger partial charge is 0.328 e. The lowest BCUT2D eigenvalue weighted by Crippen LogP contribution is -2.16. The first kappa shape index (κ1) is 21.1. The molecule has 0 bridgehead atoms. The molecule has 3 aromatic rings. The minimum absolute atomic E-state index is 0.0365. The molecule has 0 radical (unpaired) electrons. The van der Waals surface area contributed by atoms with Crippen LogP contribution in [0, 0.1) is 34.9 Å². The van der Waals surface area contributed by atoms with E-state index in [0.717, 1.165) is 0 Å². The van der Waals surface area contributed by atoms with Crippen LogP contribution in [0.2, 0.25) is 0 Å². The van der Waals surface area contributed by atoms with Gasteiger partial charge >= 0.3 is 6.01 Å². The fourth-order valence-corrected chi connectivity index (χ4v) is 2.26. The summed E-state index contributed by atoms with van der Waals surface area (Å²) in [7, 11) is 3.07. The zero-order chi connectivity index (χ0) is 22.0. The molecule has 1 aromatic heterocycles. The highest BCUT2D eigenvalue weighted by molar-refractivity contribution is 5.39. The standard InChI is InChI=1S/C18H13F6N5O/c1-29(2)17-26-16(25-7-8-4-3-5-9(19)6-8)27-18(28-17)30-15-13(23)11(21)10(20)12(22)14(15)24/h3-6H,7H2,1-2H3,(H,25,26,27,28). The third-order valence-electron chi connectivity index (χ3n) is 3.71. The Labute approximate surface area is 166 Å². The first-order valence-corrected chi connectivity index (χ1v) is 8.28. The molecule has 0 atom stereocenters. The molecule has 1 heterocycles. The van der Waals surface area contributed by atoms with Crippen LogP contribution in [-0.2, 0) is 6.54 Å². The molecular formula is C18H13F6N5O. The van der Waals surface area contributed by atoms with Crippen molar-refractivity contribution in [1.29, 1.82) is 0 Å². The Morgan fingerprint density at radius 3 is 2.10 bits per heavy atom. The van der Waals surface area contributed by atoms with E-state index in [9.17, 15) is 26.3 Å². The van der Waals surface area contributed by atoms with Crippen LogP contribution in [0.25, 0.3) is 0 Å². The van der Waals surface area contributed by atoms with Crippen molar-refractivity contribution in [3.05, 3.63) is 64.7 Å². The summed E-state index contributed by atoms with van der Waals surface area (Å²) in [5.74, 6) is -13.2. The Balaban J connectivity index is 1.94. The normalized spacial score (nSPS) is 10.8. The average Bonchev–Trinajstić information content (AvgIpc) is 2.72. The Kier molecular flexibility index (Phi) is 5.94. The van der Waals surface area contributed by atoms with E-state index in [1.54, 1.807) is 6.07 Å². The van der Waals surface area contributed by atoms with E-state index in [2.05, 4.69) is 20.3 Å². The number of hydrogen-bond acceptors (Lipinski definition) is 6. The summed E-state index contributed by atoms with van der Waals surface area (Å²) in [6.07, 6.45) is 0. The molecule has 0 saturated carbocycles. The quantitative estimate of drug-likeness (QED) is 0.361. The van der Waals surface area contributed by atoms with E-state index in [1.807, 2.05) is 0 Å². The average molecular weight is 429 g/mol. The molecule has 158 valence electrons. The summed E-state index contributed by atoms with van der Waals surface area (Å²) in [6, 6.07) is 4.90. The van der Waals surface area contributed by atoms with Crippen LogP contribution in [0.1, 0.15) is 5.56 Å². The highest BCUT2D eigenvalue weighted by Crippen LogP contribution is 2.32. The fraction of sp³-hybridized carbons (Fsp3) is 0.167. The number of rotatable bonds is 6. The molecule has 0 aliphatic carbocycles. The fourth-order valence-electron chi connectivity index (χ4n) is 2.26. The van der Waals surface area contributed by atoms with E-state index in [1.165, 1.54) is 37.2 Å². The maximum Gasteiger partial charge on any atom is 0.328 e. The summed E-state index contributed by atoms with van der Waals surface area (Å²) in [6.45, 7) is 0.0661. The van der Waals surface area contributed by atoms with Crippen LogP contribution < -0.4 is 15.0 Å². The summed E-state index contributed by atoms with van der Waals surface area (Å²) in [5.41, 5.74) is 0.532.